The Morgan fingerprint density at radius 2 is 1.88 bits per heavy atom. The van der Waals surface area contributed by atoms with Crippen LogP contribution in [0, 0.1) is 0 Å². The highest BCUT2D eigenvalue weighted by atomic mass is 32.1. The van der Waals surface area contributed by atoms with E-state index in [9.17, 15) is 9.59 Å². The van der Waals surface area contributed by atoms with E-state index in [4.69, 9.17) is 4.74 Å². The van der Waals surface area contributed by atoms with Gasteiger partial charge in [0, 0.05) is 17.0 Å². The number of benzene rings is 1. The van der Waals surface area contributed by atoms with Crippen molar-refractivity contribution in [3.05, 3.63) is 40.9 Å². The van der Waals surface area contributed by atoms with Gasteiger partial charge in [-0.3, -0.25) is 4.79 Å². The predicted molar refractivity (Wildman–Crippen MR) is 95.1 cm³/mol. The van der Waals surface area contributed by atoms with Gasteiger partial charge in [-0.15, -0.1) is 11.3 Å². The van der Waals surface area contributed by atoms with Crippen LogP contribution in [-0.2, 0) is 16.0 Å². The molecule has 1 N–H and O–H groups in total. The van der Waals surface area contributed by atoms with Gasteiger partial charge in [-0.05, 0) is 32.8 Å². The van der Waals surface area contributed by atoms with Crippen LogP contribution < -0.4 is 5.32 Å². The zero-order valence-corrected chi connectivity index (χ0v) is 15.1. The SMILES string of the molecule is CCc1ccc(-c2nc(C(=O)O[C@@H](C)C(=O)NC(C)C)cs2)cc1. The van der Waals surface area contributed by atoms with E-state index in [1.165, 1.54) is 16.9 Å². The first kappa shape index (κ1) is 18.1. The average Bonchev–Trinajstić information content (AvgIpc) is 3.04. The van der Waals surface area contributed by atoms with E-state index in [2.05, 4.69) is 17.2 Å². The molecular weight excluding hydrogens is 324 g/mol. The van der Waals surface area contributed by atoms with Crippen LogP contribution in [-0.4, -0.2) is 29.0 Å². The number of nitrogens with zero attached hydrogens (tertiary/aromatic N) is 1. The van der Waals surface area contributed by atoms with Crippen molar-refractivity contribution in [2.75, 3.05) is 0 Å². The molecule has 0 fully saturated rings. The third-order valence-electron chi connectivity index (χ3n) is 3.41. The number of aryl methyl sites for hydroxylation is 1. The number of thiazole rings is 1. The maximum atomic E-state index is 12.1. The summed E-state index contributed by atoms with van der Waals surface area (Å²) in [7, 11) is 0. The van der Waals surface area contributed by atoms with E-state index in [1.807, 2.05) is 38.1 Å². The fraction of sp³-hybridized carbons (Fsp3) is 0.389. The van der Waals surface area contributed by atoms with E-state index >= 15 is 0 Å². The molecule has 0 unspecified atom stereocenters. The van der Waals surface area contributed by atoms with Crippen LogP contribution in [0.1, 0.15) is 43.7 Å². The number of aromatic nitrogens is 1. The molecule has 0 aliphatic rings. The number of nitrogens with one attached hydrogen (secondary N) is 1. The summed E-state index contributed by atoms with van der Waals surface area (Å²) in [5, 5.41) is 5.11. The zero-order chi connectivity index (χ0) is 17.7. The second kappa shape index (κ2) is 8.06. The number of rotatable bonds is 6. The molecule has 6 heteroatoms. The molecule has 0 radical (unpaired) electrons. The van der Waals surface area contributed by atoms with Gasteiger partial charge in [-0.1, -0.05) is 31.2 Å². The molecule has 1 aromatic carbocycles. The molecule has 0 spiro atoms. The molecule has 0 saturated carbocycles. The highest BCUT2D eigenvalue weighted by molar-refractivity contribution is 7.13. The van der Waals surface area contributed by atoms with Crippen LogP contribution in [0.15, 0.2) is 29.6 Å². The monoisotopic (exact) mass is 346 g/mol. The number of hydrogen-bond donors (Lipinski definition) is 1. The van der Waals surface area contributed by atoms with E-state index in [-0.39, 0.29) is 17.6 Å². The number of amides is 1. The molecule has 0 bridgehead atoms. The van der Waals surface area contributed by atoms with Crippen molar-refractivity contribution >= 4 is 23.2 Å². The molecule has 0 aliphatic carbocycles. The Hall–Kier alpha value is -2.21. The first-order valence-corrected chi connectivity index (χ1v) is 8.84. The molecule has 1 atom stereocenters. The predicted octanol–water partition coefficient (Wildman–Crippen LogP) is 3.44. The van der Waals surface area contributed by atoms with Crippen LogP contribution in [0.5, 0.6) is 0 Å². The van der Waals surface area contributed by atoms with Crippen molar-refractivity contribution < 1.29 is 14.3 Å². The first-order chi connectivity index (χ1) is 11.4. The Morgan fingerprint density at radius 3 is 2.46 bits per heavy atom. The summed E-state index contributed by atoms with van der Waals surface area (Å²) in [6.45, 7) is 7.35. The summed E-state index contributed by atoms with van der Waals surface area (Å²) in [5.74, 6) is -0.905. The van der Waals surface area contributed by atoms with E-state index in [0.29, 0.717) is 0 Å². The Kier molecular flexibility index (Phi) is 6.09. The van der Waals surface area contributed by atoms with Crippen LogP contribution in [0.4, 0.5) is 0 Å². The number of hydrogen-bond acceptors (Lipinski definition) is 5. The number of carbonyl (C=O) groups is 2. The fourth-order valence-corrected chi connectivity index (χ4v) is 2.85. The van der Waals surface area contributed by atoms with Crippen molar-refractivity contribution in [1.82, 2.24) is 10.3 Å². The van der Waals surface area contributed by atoms with E-state index in [0.717, 1.165) is 17.0 Å². The van der Waals surface area contributed by atoms with Gasteiger partial charge >= 0.3 is 5.97 Å². The Labute approximate surface area is 146 Å². The van der Waals surface area contributed by atoms with Gasteiger partial charge in [0.15, 0.2) is 11.8 Å². The lowest BCUT2D eigenvalue weighted by atomic mass is 10.1. The highest BCUT2D eigenvalue weighted by Crippen LogP contribution is 2.24. The zero-order valence-electron chi connectivity index (χ0n) is 14.3. The Balaban J connectivity index is 2.03. The average molecular weight is 346 g/mol. The van der Waals surface area contributed by atoms with Crippen molar-refractivity contribution in [3.8, 4) is 10.6 Å². The molecule has 128 valence electrons. The Bertz CT molecular complexity index is 707. The molecule has 0 aliphatic heterocycles. The maximum Gasteiger partial charge on any atom is 0.358 e. The third-order valence-corrected chi connectivity index (χ3v) is 4.30. The summed E-state index contributed by atoms with van der Waals surface area (Å²) in [4.78, 5) is 28.3. The standard InChI is InChI=1S/C18H22N2O3S/c1-5-13-6-8-14(9-7-13)17-20-15(10-24-17)18(22)23-12(4)16(21)19-11(2)3/h6-12H,5H2,1-4H3,(H,19,21)/t12-/m0/s1. The molecule has 24 heavy (non-hydrogen) atoms. The van der Waals surface area contributed by atoms with Gasteiger partial charge in [-0.25, -0.2) is 9.78 Å². The molecule has 2 rings (SSSR count). The van der Waals surface area contributed by atoms with Gasteiger partial charge in [0.2, 0.25) is 0 Å². The van der Waals surface area contributed by atoms with Gasteiger partial charge in [0.25, 0.3) is 5.91 Å². The molecule has 0 saturated heterocycles. The number of esters is 1. The summed E-state index contributed by atoms with van der Waals surface area (Å²) >= 11 is 1.38. The highest BCUT2D eigenvalue weighted by Gasteiger charge is 2.21. The van der Waals surface area contributed by atoms with Crippen molar-refractivity contribution in [3.63, 3.8) is 0 Å². The summed E-state index contributed by atoms with van der Waals surface area (Å²) in [6.07, 6.45) is 0.125. The topological polar surface area (TPSA) is 68.3 Å². The van der Waals surface area contributed by atoms with E-state index < -0.39 is 12.1 Å². The lowest BCUT2D eigenvalue weighted by molar-refractivity contribution is -0.129. The largest absolute Gasteiger partial charge is 0.448 e. The molecule has 2 aromatic rings. The van der Waals surface area contributed by atoms with Gasteiger partial charge in [0.05, 0.1) is 0 Å². The lowest BCUT2D eigenvalue weighted by Gasteiger charge is -2.14. The van der Waals surface area contributed by atoms with Crippen LogP contribution in [0.25, 0.3) is 10.6 Å². The smallest absolute Gasteiger partial charge is 0.358 e. The normalized spacial score (nSPS) is 12.0. The molecular formula is C18H22N2O3S. The minimum atomic E-state index is -0.853. The second-order valence-corrected chi connectivity index (χ2v) is 6.66. The first-order valence-electron chi connectivity index (χ1n) is 7.97. The summed E-state index contributed by atoms with van der Waals surface area (Å²) < 4.78 is 5.18. The summed E-state index contributed by atoms with van der Waals surface area (Å²) in [5.41, 5.74) is 2.43. The van der Waals surface area contributed by atoms with Gasteiger partial charge in [-0.2, -0.15) is 0 Å². The van der Waals surface area contributed by atoms with Crippen molar-refractivity contribution in [2.24, 2.45) is 0 Å². The summed E-state index contributed by atoms with van der Waals surface area (Å²) in [6, 6.07) is 8.08. The second-order valence-electron chi connectivity index (χ2n) is 5.80. The molecule has 1 amide bonds. The van der Waals surface area contributed by atoms with Crippen molar-refractivity contribution in [2.45, 2.75) is 46.3 Å². The van der Waals surface area contributed by atoms with Crippen molar-refractivity contribution in [1.29, 1.82) is 0 Å². The van der Waals surface area contributed by atoms with Crippen LogP contribution in [0.3, 0.4) is 0 Å². The van der Waals surface area contributed by atoms with Crippen LogP contribution >= 0.6 is 11.3 Å². The Morgan fingerprint density at radius 1 is 1.21 bits per heavy atom. The van der Waals surface area contributed by atoms with Crippen LogP contribution in [0.2, 0.25) is 0 Å². The fourth-order valence-electron chi connectivity index (χ4n) is 2.06. The van der Waals surface area contributed by atoms with Gasteiger partial charge in [0.1, 0.15) is 5.01 Å². The molecule has 1 aromatic heterocycles. The maximum absolute atomic E-state index is 12.1. The minimum Gasteiger partial charge on any atom is -0.448 e. The van der Waals surface area contributed by atoms with E-state index in [1.54, 1.807) is 12.3 Å². The molecule has 5 nitrogen and oxygen atoms in total. The minimum absolute atomic E-state index is 0.00406. The number of carbonyl (C=O) groups excluding carboxylic acids is 2. The quantitative estimate of drug-likeness (QED) is 0.814. The number of ether oxygens (including phenoxy) is 1. The lowest BCUT2D eigenvalue weighted by Crippen LogP contribution is -2.39. The van der Waals surface area contributed by atoms with Gasteiger partial charge < -0.3 is 10.1 Å². The molecule has 1 heterocycles. The third kappa shape index (κ3) is 4.64.